The van der Waals surface area contributed by atoms with Gasteiger partial charge < -0.3 is 9.47 Å². The zero-order valence-corrected chi connectivity index (χ0v) is 14.7. The largest absolute Gasteiger partial charge is 0.496 e. The minimum absolute atomic E-state index is 0.151. The first-order valence-electron chi connectivity index (χ1n) is 7.46. The molecule has 1 aromatic heterocycles. The number of hydrogen-bond acceptors (Lipinski definition) is 5. The van der Waals surface area contributed by atoms with Crippen molar-refractivity contribution in [1.82, 2.24) is 4.98 Å². The van der Waals surface area contributed by atoms with E-state index in [1.165, 1.54) is 20.3 Å². The van der Waals surface area contributed by atoms with Crippen molar-refractivity contribution < 1.29 is 23.0 Å². The fourth-order valence-corrected chi connectivity index (χ4v) is 3.09. The van der Waals surface area contributed by atoms with E-state index >= 15 is 0 Å². The van der Waals surface area contributed by atoms with Crippen molar-refractivity contribution in [1.29, 1.82) is 0 Å². The zero-order valence-electron chi connectivity index (χ0n) is 13.9. The van der Waals surface area contributed by atoms with Crippen LogP contribution in [0.3, 0.4) is 0 Å². The molecule has 0 saturated heterocycles. The fourth-order valence-electron chi connectivity index (χ4n) is 2.39. The fraction of sp³-hybridized carbons (Fsp3) is 0.111. The number of carbonyl (C=O) groups is 1. The molecule has 0 aliphatic heterocycles. The number of methoxy groups -OCH3 is 2. The Bertz CT molecular complexity index is 937. The Hall–Kier alpha value is -3.00. The first-order valence-corrected chi connectivity index (χ1v) is 8.34. The van der Waals surface area contributed by atoms with Gasteiger partial charge in [-0.1, -0.05) is 6.07 Å². The van der Waals surface area contributed by atoms with Crippen LogP contribution in [0.5, 0.6) is 11.5 Å². The Morgan fingerprint density at radius 3 is 2.42 bits per heavy atom. The van der Waals surface area contributed by atoms with Gasteiger partial charge in [0, 0.05) is 17.0 Å². The number of nitrogens with one attached hydrogen (secondary N) is 1. The van der Waals surface area contributed by atoms with Gasteiger partial charge in [0.1, 0.15) is 28.7 Å². The highest BCUT2D eigenvalue weighted by Gasteiger charge is 2.20. The lowest BCUT2D eigenvalue weighted by Crippen LogP contribution is -2.14. The number of nitrogens with zero attached hydrogens (tertiary/aromatic N) is 1. The molecule has 0 spiro atoms. The second kappa shape index (κ2) is 7.49. The van der Waals surface area contributed by atoms with Crippen LogP contribution in [-0.4, -0.2) is 25.1 Å². The Morgan fingerprint density at radius 1 is 1.12 bits per heavy atom. The summed E-state index contributed by atoms with van der Waals surface area (Å²) in [6.45, 7) is 0. The van der Waals surface area contributed by atoms with Gasteiger partial charge in [-0.2, -0.15) is 0 Å². The van der Waals surface area contributed by atoms with E-state index in [0.29, 0.717) is 17.2 Å². The molecule has 0 bridgehead atoms. The highest BCUT2D eigenvalue weighted by Crippen LogP contribution is 2.31. The van der Waals surface area contributed by atoms with E-state index in [1.54, 1.807) is 23.6 Å². The molecule has 0 aliphatic rings. The van der Waals surface area contributed by atoms with Crippen LogP contribution < -0.4 is 14.8 Å². The second-order valence-electron chi connectivity index (χ2n) is 5.15. The van der Waals surface area contributed by atoms with Crippen LogP contribution >= 0.6 is 11.3 Å². The van der Waals surface area contributed by atoms with E-state index in [2.05, 4.69) is 10.3 Å². The van der Waals surface area contributed by atoms with E-state index in [-0.39, 0.29) is 16.3 Å². The van der Waals surface area contributed by atoms with Crippen molar-refractivity contribution in [3.63, 3.8) is 0 Å². The molecule has 134 valence electrons. The molecule has 2 aromatic carbocycles. The maximum atomic E-state index is 13.9. The van der Waals surface area contributed by atoms with Gasteiger partial charge in [0.15, 0.2) is 5.13 Å². The predicted octanol–water partition coefficient (Wildman–Crippen LogP) is 4.36. The smallest absolute Gasteiger partial charge is 0.265 e. The summed E-state index contributed by atoms with van der Waals surface area (Å²) < 4.78 is 37.3. The molecule has 8 heteroatoms. The minimum atomic E-state index is -0.723. The number of halogens is 2. The Labute approximate surface area is 152 Å². The third kappa shape index (κ3) is 3.50. The topological polar surface area (TPSA) is 60.5 Å². The number of amides is 1. The van der Waals surface area contributed by atoms with Crippen LogP contribution in [0, 0.1) is 11.6 Å². The van der Waals surface area contributed by atoms with Crippen LogP contribution in [0.1, 0.15) is 10.4 Å². The van der Waals surface area contributed by atoms with Gasteiger partial charge in [0.25, 0.3) is 5.91 Å². The normalized spacial score (nSPS) is 10.5. The summed E-state index contributed by atoms with van der Waals surface area (Å²) in [5, 5.41) is 4.48. The Morgan fingerprint density at radius 2 is 1.81 bits per heavy atom. The molecule has 0 unspecified atom stereocenters. The van der Waals surface area contributed by atoms with Gasteiger partial charge in [-0.25, -0.2) is 13.8 Å². The molecular formula is C18H14F2N2O3S. The number of anilines is 1. The molecule has 1 amide bonds. The molecule has 0 aliphatic carbocycles. The molecule has 0 fully saturated rings. The molecule has 1 heterocycles. The third-order valence-corrected chi connectivity index (χ3v) is 4.34. The van der Waals surface area contributed by atoms with Crippen LogP contribution in [0.2, 0.25) is 0 Å². The van der Waals surface area contributed by atoms with E-state index in [4.69, 9.17) is 9.47 Å². The van der Waals surface area contributed by atoms with Crippen molar-refractivity contribution in [2.45, 2.75) is 0 Å². The van der Waals surface area contributed by atoms with Crippen molar-refractivity contribution in [3.8, 4) is 22.8 Å². The zero-order chi connectivity index (χ0) is 18.7. The van der Waals surface area contributed by atoms with Crippen molar-refractivity contribution in [3.05, 3.63) is 59.0 Å². The van der Waals surface area contributed by atoms with Gasteiger partial charge in [0.05, 0.1) is 19.9 Å². The first kappa shape index (κ1) is 17.8. The molecule has 26 heavy (non-hydrogen) atoms. The summed E-state index contributed by atoms with van der Waals surface area (Å²) >= 11 is 1.12. The standard InChI is InChI=1S/C18H14F2N2O3S/c1-24-14-4-3-5-15(25-2)16(14)17(23)22-18-21-13(9-26-18)11-7-6-10(19)8-12(11)20/h3-9H,1-2H3,(H,21,22,23). The minimum Gasteiger partial charge on any atom is -0.496 e. The number of carbonyl (C=O) groups excluding carboxylic acids is 1. The summed E-state index contributed by atoms with van der Waals surface area (Å²) in [6, 6.07) is 8.21. The van der Waals surface area contributed by atoms with Crippen molar-refractivity contribution >= 4 is 22.4 Å². The van der Waals surface area contributed by atoms with Crippen LogP contribution in [0.4, 0.5) is 13.9 Å². The lowest BCUT2D eigenvalue weighted by atomic mass is 10.1. The van der Waals surface area contributed by atoms with Crippen molar-refractivity contribution in [2.75, 3.05) is 19.5 Å². The van der Waals surface area contributed by atoms with E-state index < -0.39 is 17.5 Å². The summed E-state index contributed by atoms with van der Waals surface area (Å²) in [7, 11) is 2.90. The molecular weight excluding hydrogens is 362 g/mol. The van der Waals surface area contributed by atoms with E-state index in [9.17, 15) is 13.6 Å². The highest BCUT2D eigenvalue weighted by molar-refractivity contribution is 7.14. The molecule has 3 aromatic rings. The van der Waals surface area contributed by atoms with Crippen LogP contribution in [0.25, 0.3) is 11.3 Å². The van der Waals surface area contributed by atoms with Crippen molar-refractivity contribution in [2.24, 2.45) is 0 Å². The molecule has 5 nitrogen and oxygen atoms in total. The molecule has 1 N–H and O–H groups in total. The summed E-state index contributed by atoms with van der Waals surface area (Å²) in [5.74, 6) is -1.16. The number of aromatic nitrogens is 1. The lowest BCUT2D eigenvalue weighted by Gasteiger charge is -2.11. The average molecular weight is 376 g/mol. The lowest BCUT2D eigenvalue weighted by molar-refractivity contribution is 0.102. The average Bonchev–Trinajstić information content (AvgIpc) is 3.08. The van der Waals surface area contributed by atoms with E-state index in [1.807, 2.05) is 0 Å². The monoisotopic (exact) mass is 376 g/mol. The number of ether oxygens (including phenoxy) is 2. The van der Waals surface area contributed by atoms with Gasteiger partial charge in [-0.3, -0.25) is 10.1 Å². The summed E-state index contributed by atoms with van der Waals surface area (Å²) in [5.41, 5.74) is 0.676. The summed E-state index contributed by atoms with van der Waals surface area (Å²) in [6.07, 6.45) is 0. The second-order valence-corrected chi connectivity index (χ2v) is 6.01. The Balaban J connectivity index is 1.87. The van der Waals surface area contributed by atoms with Gasteiger partial charge >= 0.3 is 0 Å². The maximum Gasteiger partial charge on any atom is 0.265 e. The SMILES string of the molecule is COc1cccc(OC)c1C(=O)Nc1nc(-c2ccc(F)cc2F)cs1. The molecule has 0 radical (unpaired) electrons. The number of rotatable bonds is 5. The van der Waals surface area contributed by atoms with Gasteiger partial charge in [0.2, 0.25) is 0 Å². The Kier molecular flexibility index (Phi) is 5.13. The predicted molar refractivity (Wildman–Crippen MR) is 95.0 cm³/mol. The van der Waals surface area contributed by atoms with Crippen LogP contribution in [0.15, 0.2) is 41.8 Å². The van der Waals surface area contributed by atoms with E-state index in [0.717, 1.165) is 23.5 Å². The highest BCUT2D eigenvalue weighted by atomic mass is 32.1. The van der Waals surface area contributed by atoms with Crippen LogP contribution in [-0.2, 0) is 0 Å². The summed E-state index contributed by atoms with van der Waals surface area (Å²) in [4.78, 5) is 16.8. The quantitative estimate of drug-likeness (QED) is 0.719. The number of hydrogen-bond donors (Lipinski definition) is 1. The molecule has 3 rings (SSSR count). The molecule has 0 saturated carbocycles. The van der Waals surface area contributed by atoms with Gasteiger partial charge in [-0.15, -0.1) is 11.3 Å². The third-order valence-electron chi connectivity index (χ3n) is 3.59. The first-order chi connectivity index (χ1) is 12.5. The molecule has 0 atom stereocenters. The number of thiazole rings is 1. The maximum absolute atomic E-state index is 13.9. The van der Waals surface area contributed by atoms with Gasteiger partial charge in [-0.05, 0) is 24.3 Å². The number of benzene rings is 2.